The molecule has 106 valence electrons. The third kappa shape index (κ3) is 2.54. The van der Waals surface area contributed by atoms with Gasteiger partial charge in [-0.25, -0.2) is 0 Å². The zero-order chi connectivity index (χ0) is 13.3. The Morgan fingerprint density at radius 2 is 2.11 bits per heavy atom. The van der Waals surface area contributed by atoms with E-state index >= 15 is 0 Å². The van der Waals surface area contributed by atoms with Crippen LogP contribution in [0.5, 0.6) is 0 Å². The molecule has 19 heavy (non-hydrogen) atoms. The van der Waals surface area contributed by atoms with E-state index in [0.717, 1.165) is 12.8 Å². The van der Waals surface area contributed by atoms with Gasteiger partial charge in [0.1, 0.15) is 5.60 Å². The lowest BCUT2D eigenvalue weighted by atomic mass is 9.84. The molecule has 0 saturated heterocycles. The van der Waals surface area contributed by atoms with E-state index in [2.05, 4.69) is 10.1 Å². The molecule has 0 spiro atoms. The number of hydrogen-bond acceptors (Lipinski definition) is 5. The molecule has 2 aliphatic rings. The molecule has 1 aromatic rings. The van der Waals surface area contributed by atoms with Gasteiger partial charge in [-0.1, -0.05) is 24.4 Å². The summed E-state index contributed by atoms with van der Waals surface area (Å²) in [7, 11) is 0. The fraction of sp³-hybridized carbons (Fsp3) is 0.857. The standard InChI is InChI=1S/C14H23N3O2/c1-2-18-14(8-4-3-5-9-14)13-16-12(19-17-13)11(15)10-6-7-10/h10-11H,2-9,15H2,1H3. The average Bonchev–Trinajstić information content (AvgIpc) is 3.16. The predicted octanol–water partition coefficient (Wildman–Crippen LogP) is 2.68. The van der Waals surface area contributed by atoms with Crippen LogP contribution in [0.25, 0.3) is 0 Å². The highest BCUT2D eigenvalue weighted by Crippen LogP contribution is 2.42. The van der Waals surface area contributed by atoms with Crippen molar-refractivity contribution in [3.63, 3.8) is 0 Å². The van der Waals surface area contributed by atoms with Gasteiger partial charge in [-0.05, 0) is 38.5 Å². The topological polar surface area (TPSA) is 74.2 Å². The second kappa shape index (κ2) is 5.21. The first kappa shape index (κ1) is 13.1. The molecular weight excluding hydrogens is 242 g/mol. The van der Waals surface area contributed by atoms with Crippen LogP contribution in [0, 0.1) is 5.92 Å². The molecule has 2 fully saturated rings. The molecule has 2 N–H and O–H groups in total. The van der Waals surface area contributed by atoms with E-state index in [9.17, 15) is 0 Å². The summed E-state index contributed by atoms with van der Waals surface area (Å²) >= 11 is 0. The van der Waals surface area contributed by atoms with Crippen molar-refractivity contribution in [3.05, 3.63) is 11.7 Å². The van der Waals surface area contributed by atoms with Gasteiger partial charge in [-0.15, -0.1) is 0 Å². The van der Waals surface area contributed by atoms with Crippen LogP contribution in [0.2, 0.25) is 0 Å². The molecule has 2 saturated carbocycles. The molecule has 1 heterocycles. The van der Waals surface area contributed by atoms with Gasteiger partial charge in [0.2, 0.25) is 11.7 Å². The van der Waals surface area contributed by atoms with Crippen LogP contribution in [0.3, 0.4) is 0 Å². The summed E-state index contributed by atoms with van der Waals surface area (Å²) in [5.41, 5.74) is 5.79. The fourth-order valence-corrected chi connectivity index (χ4v) is 3.04. The first-order valence-corrected chi connectivity index (χ1v) is 7.49. The predicted molar refractivity (Wildman–Crippen MR) is 70.3 cm³/mol. The Hall–Kier alpha value is -0.940. The van der Waals surface area contributed by atoms with Gasteiger partial charge >= 0.3 is 0 Å². The second-order valence-corrected chi connectivity index (χ2v) is 5.81. The van der Waals surface area contributed by atoms with Gasteiger partial charge in [0.15, 0.2) is 0 Å². The first-order valence-electron chi connectivity index (χ1n) is 7.49. The summed E-state index contributed by atoms with van der Waals surface area (Å²) in [4.78, 5) is 4.56. The maximum atomic E-state index is 6.12. The Morgan fingerprint density at radius 1 is 1.37 bits per heavy atom. The monoisotopic (exact) mass is 265 g/mol. The van der Waals surface area contributed by atoms with Crippen molar-refractivity contribution in [1.29, 1.82) is 0 Å². The normalized spacial score (nSPS) is 24.3. The molecule has 5 nitrogen and oxygen atoms in total. The highest BCUT2D eigenvalue weighted by Gasteiger charge is 2.41. The maximum absolute atomic E-state index is 6.12. The van der Waals surface area contributed by atoms with Gasteiger partial charge in [-0.3, -0.25) is 0 Å². The van der Waals surface area contributed by atoms with E-state index in [1.165, 1.54) is 32.1 Å². The van der Waals surface area contributed by atoms with E-state index < -0.39 is 0 Å². The minimum atomic E-state index is -0.335. The molecule has 1 aromatic heterocycles. The second-order valence-electron chi connectivity index (χ2n) is 5.81. The Labute approximate surface area is 113 Å². The van der Waals surface area contributed by atoms with Crippen molar-refractivity contribution < 1.29 is 9.26 Å². The average molecular weight is 265 g/mol. The van der Waals surface area contributed by atoms with Crippen LogP contribution in [0.1, 0.15) is 69.6 Å². The van der Waals surface area contributed by atoms with Gasteiger partial charge in [-0.2, -0.15) is 4.98 Å². The van der Waals surface area contributed by atoms with Crippen molar-refractivity contribution >= 4 is 0 Å². The zero-order valence-corrected chi connectivity index (χ0v) is 11.6. The minimum Gasteiger partial charge on any atom is -0.367 e. The van der Waals surface area contributed by atoms with Crippen molar-refractivity contribution in [2.45, 2.75) is 63.5 Å². The van der Waals surface area contributed by atoms with Crippen LogP contribution in [0.4, 0.5) is 0 Å². The highest BCUT2D eigenvalue weighted by atomic mass is 16.5. The van der Waals surface area contributed by atoms with Crippen LogP contribution in [-0.4, -0.2) is 16.7 Å². The molecule has 2 aliphatic carbocycles. The lowest BCUT2D eigenvalue weighted by Crippen LogP contribution is -2.33. The van der Waals surface area contributed by atoms with Crippen LogP contribution in [-0.2, 0) is 10.3 Å². The lowest BCUT2D eigenvalue weighted by molar-refractivity contribution is -0.0777. The number of ether oxygens (including phenoxy) is 1. The lowest BCUT2D eigenvalue weighted by Gasteiger charge is -2.33. The molecule has 0 amide bonds. The van der Waals surface area contributed by atoms with Gasteiger partial charge in [0, 0.05) is 6.61 Å². The fourth-order valence-electron chi connectivity index (χ4n) is 3.04. The van der Waals surface area contributed by atoms with Gasteiger partial charge in [0.25, 0.3) is 0 Å². The molecule has 0 aromatic carbocycles. The van der Waals surface area contributed by atoms with Crippen molar-refractivity contribution in [3.8, 4) is 0 Å². The quantitative estimate of drug-likeness (QED) is 0.886. The zero-order valence-electron chi connectivity index (χ0n) is 11.6. The molecule has 0 aliphatic heterocycles. The Balaban J connectivity index is 1.81. The number of rotatable bonds is 5. The largest absolute Gasteiger partial charge is 0.367 e. The van der Waals surface area contributed by atoms with Gasteiger partial charge in [0.05, 0.1) is 6.04 Å². The van der Waals surface area contributed by atoms with Gasteiger partial charge < -0.3 is 15.0 Å². The molecule has 0 bridgehead atoms. The molecule has 1 atom stereocenters. The smallest absolute Gasteiger partial charge is 0.243 e. The maximum Gasteiger partial charge on any atom is 0.243 e. The Morgan fingerprint density at radius 3 is 2.74 bits per heavy atom. The summed E-state index contributed by atoms with van der Waals surface area (Å²) in [6.45, 7) is 2.70. The van der Waals surface area contributed by atoms with E-state index in [0.29, 0.717) is 24.2 Å². The summed E-state index contributed by atoms with van der Waals surface area (Å²) in [5.74, 6) is 1.82. The third-order valence-electron chi connectivity index (χ3n) is 4.35. The molecular formula is C14H23N3O2. The minimum absolute atomic E-state index is 0.0940. The summed E-state index contributed by atoms with van der Waals surface area (Å²) in [6, 6.07) is -0.0940. The number of hydrogen-bond donors (Lipinski definition) is 1. The Bertz CT molecular complexity index is 417. The third-order valence-corrected chi connectivity index (χ3v) is 4.35. The van der Waals surface area contributed by atoms with Crippen molar-refractivity contribution in [1.82, 2.24) is 10.1 Å². The van der Waals surface area contributed by atoms with Crippen LogP contribution in [0.15, 0.2) is 4.52 Å². The number of nitrogens with two attached hydrogens (primary N) is 1. The molecule has 5 heteroatoms. The van der Waals surface area contributed by atoms with E-state index in [-0.39, 0.29) is 11.6 Å². The van der Waals surface area contributed by atoms with Crippen LogP contribution >= 0.6 is 0 Å². The first-order chi connectivity index (χ1) is 9.25. The van der Waals surface area contributed by atoms with E-state index in [1.807, 2.05) is 6.92 Å². The summed E-state index contributed by atoms with van der Waals surface area (Å²) in [5, 5.41) is 4.17. The molecule has 0 radical (unpaired) electrons. The Kier molecular flexibility index (Phi) is 3.58. The number of nitrogens with zero attached hydrogens (tertiary/aromatic N) is 2. The molecule has 3 rings (SSSR count). The van der Waals surface area contributed by atoms with Crippen molar-refractivity contribution in [2.75, 3.05) is 6.61 Å². The summed E-state index contributed by atoms with van der Waals surface area (Å²) < 4.78 is 11.4. The van der Waals surface area contributed by atoms with E-state index in [1.54, 1.807) is 0 Å². The number of aromatic nitrogens is 2. The highest BCUT2D eigenvalue weighted by molar-refractivity contribution is 5.06. The van der Waals surface area contributed by atoms with E-state index in [4.69, 9.17) is 15.0 Å². The summed E-state index contributed by atoms with van der Waals surface area (Å²) in [6.07, 6.45) is 7.92. The van der Waals surface area contributed by atoms with Crippen molar-refractivity contribution in [2.24, 2.45) is 11.7 Å². The molecule has 1 unspecified atom stereocenters. The van der Waals surface area contributed by atoms with Crippen LogP contribution < -0.4 is 5.73 Å². The SMILES string of the molecule is CCOC1(c2noc(C(N)C3CC3)n2)CCCCC1.